The molecule has 0 bridgehead atoms. The number of carbonyl (C=O) groups is 1. The van der Waals surface area contributed by atoms with Crippen LogP contribution in [0.5, 0.6) is 5.75 Å². The highest BCUT2D eigenvalue weighted by Crippen LogP contribution is 2.40. The average molecular weight is 465 g/mol. The minimum Gasteiger partial charge on any atom is -0.476 e. The first kappa shape index (κ1) is 22.9. The molecule has 1 heterocycles. The molecule has 0 aliphatic carbocycles. The maximum Gasteiger partial charge on any atom is 0.267 e. The first-order chi connectivity index (χ1) is 15.6. The monoisotopic (exact) mass is 464 g/mol. The van der Waals surface area contributed by atoms with Gasteiger partial charge in [-0.25, -0.2) is 8.42 Å². The zero-order chi connectivity index (χ0) is 23.8. The molecule has 6 nitrogen and oxygen atoms in total. The lowest BCUT2D eigenvalue weighted by Crippen LogP contribution is -2.49. The maximum absolute atomic E-state index is 13.6. The van der Waals surface area contributed by atoms with Gasteiger partial charge in [0.1, 0.15) is 5.75 Å². The van der Waals surface area contributed by atoms with E-state index in [2.05, 4.69) is 26.1 Å². The molecule has 1 aliphatic heterocycles. The minimum absolute atomic E-state index is 0.129. The molecule has 0 radical (unpaired) electrons. The second-order valence-corrected chi connectivity index (χ2v) is 11.1. The summed E-state index contributed by atoms with van der Waals surface area (Å²) in [7, 11) is -3.91. The molecule has 7 heteroatoms. The Kier molecular flexibility index (Phi) is 5.93. The molecule has 1 N–H and O–H groups in total. The van der Waals surface area contributed by atoms with Crippen LogP contribution in [0.4, 0.5) is 11.4 Å². The van der Waals surface area contributed by atoms with Crippen LogP contribution in [-0.4, -0.2) is 27.0 Å². The van der Waals surface area contributed by atoms with Crippen molar-refractivity contribution < 1.29 is 17.9 Å². The summed E-state index contributed by atoms with van der Waals surface area (Å²) in [4.78, 5) is 13.3. The Hall–Kier alpha value is -3.32. The van der Waals surface area contributed by atoms with Crippen molar-refractivity contribution in [1.82, 2.24) is 0 Å². The average Bonchev–Trinajstić information content (AvgIpc) is 2.79. The third-order valence-corrected chi connectivity index (χ3v) is 7.52. The van der Waals surface area contributed by atoms with E-state index in [-0.39, 0.29) is 16.9 Å². The molecule has 0 unspecified atom stereocenters. The van der Waals surface area contributed by atoms with E-state index in [4.69, 9.17) is 4.74 Å². The molecule has 3 aromatic rings. The van der Waals surface area contributed by atoms with Crippen molar-refractivity contribution in [1.29, 1.82) is 0 Å². The Morgan fingerprint density at radius 1 is 1.00 bits per heavy atom. The molecular formula is C26H28N2O4S. The van der Waals surface area contributed by atoms with Crippen molar-refractivity contribution in [3.63, 3.8) is 0 Å². The van der Waals surface area contributed by atoms with Gasteiger partial charge in [-0.3, -0.25) is 9.10 Å². The summed E-state index contributed by atoms with van der Waals surface area (Å²) in [6.45, 7) is 7.95. The summed E-state index contributed by atoms with van der Waals surface area (Å²) >= 11 is 0. The van der Waals surface area contributed by atoms with Crippen molar-refractivity contribution >= 4 is 27.3 Å². The van der Waals surface area contributed by atoms with Crippen LogP contribution in [0, 0.1) is 6.92 Å². The Morgan fingerprint density at radius 3 is 2.33 bits per heavy atom. The van der Waals surface area contributed by atoms with E-state index in [1.165, 1.54) is 4.31 Å². The summed E-state index contributed by atoms with van der Waals surface area (Å²) in [5, 5.41) is 2.87. The number of nitrogens with zero attached hydrogens (tertiary/aromatic N) is 1. The third-order valence-electron chi connectivity index (χ3n) is 5.72. The predicted octanol–water partition coefficient (Wildman–Crippen LogP) is 4.89. The van der Waals surface area contributed by atoms with E-state index >= 15 is 0 Å². The fraction of sp³-hybridized carbons (Fsp3) is 0.269. The van der Waals surface area contributed by atoms with Gasteiger partial charge in [0.2, 0.25) is 0 Å². The van der Waals surface area contributed by atoms with E-state index in [1.54, 1.807) is 42.5 Å². The van der Waals surface area contributed by atoms with Gasteiger partial charge in [0, 0.05) is 5.69 Å². The highest BCUT2D eigenvalue weighted by molar-refractivity contribution is 7.92. The number of benzene rings is 3. The molecule has 33 heavy (non-hydrogen) atoms. The summed E-state index contributed by atoms with van der Waals surface area (Å²) in [6, 6.07) is 21.2. The number of nitrogens with one attached hydrogen (secondary N) is 1. The van der Waals surface area contributed by atoms with Crippen molar-refractivity contribution in [3.8, 4) is 5.75 Å². The fourth-order valence-electron chi connectivity index (χ4n) is 3.73. The van der Waals surface area contributed by atoms with E-state index in [0.717, 1.165) is 11.1 Å². The number of hydrogen-bond acceptors (Lipinski definition) is 4. The smallest absolute Gasteiger partial charge is 0.267 e. The number of rotatable bonds is 4. The van der Waals surface area contributed by atoms with E-state index < -0.39 is 22.0 Å². The molecule has 172 valence electrons. The second-order valence-electron chi connectivity index (χ2n) is 9.19. The van der Waals surface area contributed by atoms with Crippen LogP contribution in [0.25, 0.3) is 0 Å². The van der Waals surface area contributed by atoms with Crippen LogP contribution < -0.4 is 14.4 Å². The first-order valence-corrected chi connectivity index (χ1v) is 12.3. The van der Waals surface area contributed by atoms with Gasteiger partial charge < -0.3 is 10.1 Å². The number of fused-ring (bicyclic) bond motifs is 1. The highest BCUT2D eigenvalue weighted by Gasteiger charge is 2.38. The van der Waals surface area contributed by atoms with Gasteiger partial charge in [-0.05, 0) is 53.8 Å². The molecule has 0 fully saturated rings. The van der Waals surface area contributed by atoms with Gasteiger partial charge in [0.25, 0.3) is 15.9 Å². The number of sulfonamides is 1. The zero-order valence-electron chi connectivity index (χ0n) is 19.2. The first-order valence-electron chi connectivity index (χ1n) is 10.8. The van der Waals surface area contributed by atoms with Crippen LogP contribution in [0.2, 0.25) is 0 Å². The van der Waals surface area contributed by atoms with Gasteiger partial charge in [-0.1, -0.05) is 63.2 Å². The summed E-state index contributed by atoms with van der Waals surface area (Å²) < 4.78 is 34.6. The highest BCUT2D eigenvalue weighted by atomic mass is 32.2. The second kappa shape index (κ2) is 8.56. The maximum atomic E-state index is 13.6. The molecule has 1 amide bonds. The normalized spacial score (nSPS) is 16.0. The molecule has 1 aliphatic rings. The molecular weight excluding hydrogens is 436 g/mol. The lowest BCUT2D eigenvalue weighted by atomic mass is 9.86. The number of amides is 1. The van der Waals surface area contributed by atoms with Gasteiger partial charge in [0.15, 0.2) is 6.10 Å². The van der Waals surface area contributed by atoms with Crippen LogP contribution in [0.1, 0.15) is 31.9 Å². The van der Waals surface area contributed by atoms with Crippen molar-refractivity contribution in [2.45, 2.75) is 44.1 Å². The number of carbonyl (C=O) groups excluding carboxylic acids is 1. The van der Waals surface area contributed by atoms with Crippen LogP contribution in [0.15, 0.2) is 77.7 Å². The Bertz CT molecular complexity index is 1280. The van der Waals surface area contributed by atoms with Gasteiger partial charge in [0.05, 0.1) is 17.1 Å². The Labute approximate surface area is 195 Å². The van der Waals surface area contributed by atoms with E-state index in [9.17, 15) is 13.2 Å². The van der Waals surface area contributed by atoms with Gasteiger partial charge >= 0.3 is 0 Å². The van der Waals surface area contributed by atoms with Crippen LogP contribution >= 0.6 is 0 Å². The Morgan fingerprint density at radius 2 is 1.67 bits per heavy atom. The molecule has 0 aromatic heterocycles. The summed E-state index contributed by atoms with van der Waals surface area (Å²) in [5.41, 5.74) is 2.80. The Balaban J connectivity index is 1.75. The standard InChI is InChI=1S/C26H28N2O4S/c1-18-10-8-9-13-21(18)27-25(29)24-17-28(33(30,31)20-11-6-5-7-12-20)22-16-19(26(2,3)4)14-15-23(22)32-24/h5-16,24H,17H2,1-4H3,(H,27,29)/t24-/m1/s1. The molecule has 0 spiro atoms. The number of anilines is 2. The fourth-order valence-corrected chi connectivity index (χ4v) is 5.22. The minimum atomic E-state index is -3.91. The van der Waals surface area contributed by atoms with Gasteiger partial charge in [-0.15, -0.1) is 0 Å². The number of para-hydroxylation sites is 1. The third kappa shape index (κ3) is 4.59. The number of ether oxygens (including phenoxy) is 1. The van der Waals surface area contributed by atoms with Gasteiger partial charge in [-0.2, -0.15) is 0 Å². The van der Waals surface area contributed by atoms with Crippen molar-refractivity contribution in [2.75, 3.05) is 16.2 Å². The molecule has 4 rings (SSSR count). The zero-order valence-corrected chi connectivity index (χ0v) is 20.0. The molecule has 3 aromatic carbocycles. The predicted molar refractivity (Wildman–Crippen MR) is 130 cm³/mol. The largest absolute Gasteiger partial charge is 0.476 e. The van der Waals surface area contributed by atoms with Crippen LogP contribution in [0.3, 0.4) is 0 Å². The number of aryl methyl sites for hydroxylation is 1. The van der Waals surface area contributed by atoms with Crippen molar-refractivity contribution in [3.05, 3.63) is 83.9 Å². The lowest BCUT2D eigenvalue weighted by molar-refractivity contribution is -0.122. The van der Waals surface area contributed by atoms with Crippen molar-refractivity contribution in [2.24, 2.45) is 0 Å². The topological polar surface area (TPSA) is 75.7 Å². The SMILES string of the molecule is Cc1ccccc1NC(=O)[C@H]1CN(S(=O)(=O)c2ccccc2)c2cc(C(C)(C)C)ccc2O1. The quantitative estimate of drug-likeness (QED) is 0.597. The van der Waals surface area contributed by atoms with Crippen LogP contribution in [-0.2, 0) is 20.2 Å². The molecule has 1 atom stereocenters. The summed E-state index contributed by atoms with van der Waals surface area (Å²) in [6.07, 6.45) is -1.00. The molecule has 0 saturated heterocycles. The lowest BCUT2D eigenvalue weighted by Gasteiger charge is -2.36. The number of hydrogen-bond donors (Lipinski definition) is 1. The molecule has 0 saturated carbocycles. The summed E-state index contributed by atoms with van der Waals surface area (Å²) in [5.74, 6) is -0.0400. The van der Waals surface area contributed by atoms with E-state index in [1.807, 2.05) is 37.3 Å². The van der Waals surface area contributed by atoms with E-state index in [0.29, 0.717) is 17.1 Å².